The summed E-state index contributed by atoms with van der Waals surface area (Å²) in [6.45, 7) is 26.1. The molecule has 0 bridgehead atoms. The maximum absolute atomic E-state index is 12.7. The van der Waals surface area contributed by atoms with E-state index >= 15 is 0 Å². The lowest BCUT2D eigenvalue weighted by molar-refractivity contribution is -0.141. The van der Waals surface area contributed by atoms with E-state index in [0.29, 0.717) is 48.2 Å². The van der Waals surface area contributed by atoms with E-state index in [1.165, 1.54) is 27.7 Å². The molecule has 3 aromatic carbocycles. The average molecular weight is 1230 g/mol. The first-order chi connectivity index (χ1) is 41.6. The molecular formula is C64H86N12O13. The lowest BCUT2D eigenvalue weighted by Gasteiger charge is -2.28. The Morgan fingerprint density at radius 1 is 0.539 bits per heavy atom. The fraction of sp³-hybridized carbons (Fsp3) is 0.500. The summed E-state index contributed by atoms with van der Waals surface area (Å²) in [6.07, 6.45) is -0.699. The number of benzene rings is 3. The van der Waals surface area contributed by atoms with E-state index < -0.39 is 34.4 Å². The van der Waals surface area contributed by atoms with Crippen LogP contribution in [0.2, 0.25) is 0 Å². The number of aromatic nitrogens is 2. The molecule has 0 radical (unpaired) electrons. The van der Waals surface area contributed by atoms with Crippen LogP contribution in [0.1, 0.15) is 143 Å². The molecule has 3 amide bonds. The molecule has 7 rings (SSSR count). The van der Waals surface area contributed by atoms with E-state index in [4.69, 9.17) is 35.7 Å². The van der Waals surface area contributed by atoms with Crippen LogP contribution in [0.25, 0.3) is 11.4 Å². The van der Waals surface area contributed by atoms with Gasteiger partial charge in [-0.3, -0.25) is 28.8 Å². The third-order valence-corrected chi connectivity index (χ3v) is 16.4. The van der Waals surface area contributed by atoms with Gasteiger partial charge in [-0.15, -0.1) is 0 Å². The quantitative estimate of drug-likeness (QED) is 0.0228. The van der Waals surface area contributed by atoms with Crippen molar-refractivity contribution in [1.29, 1.82) is 0 Å². The zero-order valence-corrected chi connectivity index (χ0v) is 54.1. The number of rotatable bonds is 22. The number of amides is 3. The molecule has 6 atom stereocenters. The van der Waals surface area contributed by atoms with Crippen molar-refractivity contribution in [2.45, 2.75) is 135 Å². The van der Waals surface area contributed by atoms with Gasteiger partial charge < -0.3 is 55.2 Å². The number of carbonyl (C=O) groups excluding carboxylic acids is 7. The van der Waals surface area contributed by atoms with Crippen LogP contribution in [-0.2, 0) is 52.9 Å². The second kappa shape index (κ2) is 30.2. The van der Waals surface area contributed by atoms with Crippen molar-refractivity contribution in [1.82, 2.24) is 24.8 Å². The first-order valence-electron chi connectivity index (χ1n) is 29.2. The van der Waals surface area contributed by atoms with Gasteiger partial charge >= 0.3 is 5.97 Å². The molecule has 3 aliphatic heterocycles. The van der Waals surface area contributed by atoms with Crippen LogP contribution in [-0.4, -0.2) is 159 Å². The molecule has 1 aromatic heterocycles. The van der Waals surface area contributed by atoms with Crippen molar-refractivity contribution >= 4 is 69.8 Å². The first kappa shape index (κ1) is 70.6. The van der Waals surface area contributed by atoms with Crippen LogP contribution < -0.4 is 11.5 Å². The number of carbonyl (C=O) groups is 7. The molecule has 0 aliphatic carbocycles. The van der Waals surface area contributed by atoms with Crippen LogP contribution in [0.15, 0.2) is 103 Å². The van der Waals surface area contributed by atoms with E-state index in [-0.39, 0.29) is 89.9 Å². The zero-order chi connectivity index (χ0) is 66.5. The molecular weight excluding hydrogens is 1140 g/mol. The van der Waals surface area contributed by atoms with Gasteiger partial charge in [-0.05, 0) is 20.8 Å². The summed E-state index contributed by atoms with van der Waals surface area (Å²) in [5, 5.41) is 32.0. The van der Waals surface area contributed by atoms with Crippen molar-refractivity contribution in [3.63, 3.8) is 0 Å². The van der Waals surface area contributed by atoms with Gasteiger partial charge in [0.15, 0.2) is 11.7 Å². The monoisotopic (exact) mass is 1230 g/mol. The second-order valence-corrected chi connectivity index (χ2v) is 24.7. The highest BCUT2D eigenvalue weighted by molar-refractivity contribution is 6.08. The van der Waals surface area contributed by atoms with Gasteiger partial charge in [-0.2, -0.15) is 4.98 Å². The molecule has 25 nitrogen and oxygen atoms in total. The van der Waals surface area contributed by atoms with Crippen LogP contribution >= 0.6 is 0 Å². The van der Waals surface area contributed by atoms with Gasteiger partial charge in [-0.1, -0.05) is 166 Å². The van der Waals surface area contributed by atoms with Crippen LogP contribution in [0.5, 0.6) is 0 Å². The molecule has 4 aromatic rings. The minimum absolute atomic E-state index is 0.0294. The number of Topliss-reactive ketones (excluding diaryl/α,β-unsaturated/α-hetero) is 3. The molecule has 0 saturated heterocycles. The van der Waals surface area contributed by atoms with Gasteiger partial charge in [0.1, 0.15) is 35.7 Å². The molecule has 0 saturated carbocycles. The standard InChI is InChI=1S/C22H30N4O5.C22H28N4O4.C20H28N4O4/c1-13(14(2)27)12-26(6)19(29)11-18-22(4,5)20(24-31-18)16-7-9-17(10-8-16)21(23)25-30-15(3)28;1-13(14(2)27)12-26(6)19(28)11-18-22(4,5)20(24-30-18)16-7-9-17(10-8-16)21-23-15(3)29-25-21;1-12(13(2)25)11-24(5)17(26)10-16-20(3,4)18(23-28-16)14-6-8-15(9-7-14)19(21)22-27/h7-10,13,18H,11-12H2,1-6H3,(H2,23,25);7-10,13,18H,11-12H2,1-6H3;6-9,12,16,27H,10-11H2,1-5H3,(H2,21,22). The minimum Gasteiger partial charge on any atom is -0.409 e. The van der Waals surface area contributed by atoms with Gasteiger partial charge in [0.25, 0.3) is 0 Å². The number of oxime groups is 5. The summed E-state index contributed by atoms with van der Waals surface area (Å²) in [4.78, 5) is 113. The molecule has 25 heteroatoms. The summed E-state index contributed by atoms with van der Waals surface area (Å²) in [5.41, 5.74) is 16.8. The van der Waals surface area contributed by atoms with E-state index in [0.717, 1.165) is 33.7 Å². The van der Waals surface area contributed by atoms with Gasteiger partial charge in [-0.25, -0.2) is 4.79 Å². The van der Waals surface area contributed by atoms with E-state index in [9.17, 15) is 33.6 Å². The fourth-order valence-corrected chi connectivity index (χ4v) is 9.59. The number of aryl methyl sites for hydroxylation is 1. The van der Waals surface area contributed by atoms with Crippen molar-refractivity contribution in [3.8, 4) is 11.4 Å². The van der Waals surface area contributed by atoms with Crippen molar-refractivity contribution in [3.05, 3.63) is 107 Å². The Bertz CT molecular complexity index is 3370. The van der Waals surface area contributed by atoms with E-state index in [2.05, 4.69) is 40.8 Å². The normalized spacial score (nSPS) is 18.8. The largest absolute Gasteiger partial charge is 0.409 e. The Balaban J connectivity index is 0.000000243. The van der Waals surface area contributed by atoms with E-state index in [1.807, 2.05) is 97.0 Å². The Labute approximate surface area is 519 Å². The maximum atomic E-state index is 12.7. The Morgan fingerprint density at radius 2 is 0.843 bits per heavy atom. The van der Waals surface area contributed by atoms with Crippen LogP contribution in [0.3, 0.4) is 0 Å². The summed E-state index contributed by atoms with van der Waals surface area (Å²) < 4.78 is 5.03. The molecule has 4 heterocycles. The molecule has 0 spiro atoms. The molecule has 89 heavy (non-hydrogen) atoms. The van der Waals surface area contributed by atoms with E-state index in [1.54, 1.807) is 80.9 Å². The van der Waals surface area contributed by atoms with Crippen molar-refractivity contribution < 1.29 is 62.6 Å². The second-order valence-electron chi connectivity index (χ2n) is 24.7. The predicted molar refractivity (Wildman–Crippen MR) is 334 cm³/mol. The number of hydrogen-bond donors (Lipinski definition) is 3. The summed E-state index contributed by atoms with van der Waals surface area (Å²) in [5.74, 6) is -0.102. The number of ketones is 3. The minimum atomic E-state index is -0.555. The molecule has 0 fully saturated rings. The Morgan fingerprint density at radius 3 is 1.12 bits per heavy atom. The number of nitrogens with zero attached hydrogens (tertiary/aromatic N) is 10. The molecule has 480 valence electrons. The maximum Gasteiger partial charge on any atom is 0.332 e. The molecule has 3 aliphatic rings. The summed E-state index contributed by atoms with van der Waals surface area (Å²) in [6, 6.07) is 21.9. The number of nitrogens with two attached hydrogens (primary N) is 2. The highest BCUT2D eigenvalue weighted by Gasteiger charge is 2.47. The third-order valence-electron chi connectivity index (χ3n) is 16.4. The highest BCUT2D eigenvalue weighted by Crippen LogP contribution is 2.40. The molecule has 5 N–H and O–H groups in total. The zero-order valence-electron chi connectivity index (χ0n) is 54.1. The summed E-state index contributed by atoms with van der Waals surface area (Å²) in [7, 11) is 5.09. The molecule has 6 unspecified atom stereocenters. The van der Waals surface area contributed by atoms with Crippen molar-refractivity contribution in [2.24, 2.45) is 71.2 Å². The summed E-state index contributed by atoms with van der Waals surface area (Å²) >= 11 is 0. The first-order valence-corrected chi connectivity index (χ1v) is 29.2. The Hall–Kier alpha value is -9.16. The average Bonchev–Trinajstić information content (AvgIpc) is 2.34. The smallest absolute Gasteiger partial charge is 0.332 e. The van der Waals surface area contributed by atoms with Gasteiger partial charge in [0.2, 0.25) is 29.4 Å². The SMILES string of the molecule is CC(=O)C(C)CN(C)C(=O)CC1ON=C(c2ccc(-c3noc(C)n3)cc2)C1(C)C.CC(=O)C(C)CN(C)C(=O)CC1ON=C(c2ccc(/C(N)=N\O)cc2)C1(C)C.CC(=O)O/N=C(/N)c1ccc(C2=NOC(CC(=O)N(C)CC(C)C(C)=O)C2(C)C)cc1. The Kier molecular flexibility index (Phi) is 23.9. The topological polar surface area (TPSA) is 339 Å². The lowest BCUT2D eigenvalue weighted by atomic mass is 9.77. The van der Waals surface area contributed by atoms with Gasteiger partial charge in [0, 0.05) is 106 Å². The fourth-order valence-electron chi connectivity index (χ4n) is 9.59. The highest BCUT2D eigenvalue weighted by atomic mass is 16.7. The lowest BCUT2D eigenvalue weighted by Crippen LogP contribution is -2.40. The van der Waals surface area contributed by atoms with Gasteiger partial charge in [0.05, 0.1) is 52.6 Å². The predicted octanol–water partition coefficient (Wildman–Crippen LogP) is 7.30. The third kappa shape index (κ3) is 18.2. The number of hydrogen-bond acceptors (Lipinski definition) is 20. The van der Waals surface area contributed by atoms with Crippen LogP contribution in [0, 0.1) is 40.9 Å². The van der Waals surface area contributed by atoms with Crippen molar-refractivity contribution in [2.75, 3.05) is 40.8 Å². The number of amidine groups is 2. The van der Waals surface area contributed by atoms with Crippen LogP contribution in [0.4, 0.5) is 0 Å².